The fourth-order valence-electron chi connectivity index (χ4n) is 1.46. The van der Waals surface area contributed by atoms with Crippen molar-refractivity contribution in [2.45, 2.75) is 25.8 Å². The van der Waals surface area contributed by atoms with Crippen molar-refractivity contribution in [2.24, 2.45) is 0 Å². The van der Waals surface area contributed by atoms with Crippen LogP contribution in [0.5, 0.6) is 0 Å². The van der Waals surface area contributed by atoms with Gasteiger partial charge in [-0.05, 0) is 36.8 Å². The van der Waals surface area contributed by atoms with E-state index in [1.54, 1.807) is 11.3 Å². The Bertz CT molecular complexity index is 275. The highest BCUT2D eigenvalue weighted by Crippen LogP contribution is 2.15. The molecular weight excluding hydrogens is 210 g/mol. The molecule has 3 N–H and O–H groups in total. The quantitative estimate of drug-likeness (QED) is 0.652. The molecule has 0 aliphatic heterocycles. The molecule has 0 aliphatic carbocycles. The zero-order chi connectivity index (χ0) is 11.1. The fourth-order valence-corrected chi connectivity index (χ4v) is 2.37. The molecule has 86 valence electrons. The number of hydrogen-bond donors (Lipinski definition) is 3. The van der Waals surface area contributed by atoms with Crippen LogP contribution in [0.15, 0.2) is 11.4 Å². The van der Waals surface area contributed by atoms with Gasteiger partial charge in [0.1, 0.15) is 0 Å². The summed E-state index contributed by atoms with van der Waals surface area (Å²) in [5, 5.41) is 23.1. The SMILES string of the molecule is Cc1ccsc1CCNC(CO)CCO. The normalized spacial score (nSPS) is 13.0. The molecular formula is C11H19NO2S. The van der Waals surface area contributed by atoms with E-state index in [9.17, 15) is 0 Å². The van der Waals surface area contributed by atoms with Crippen LogP contribution in [-0.2, 0) is 6.42 Å². The van der Waals surface area contributed by atoms with Crippen LogP contribution in [0.4, 0.5) is 0 Å². The zero-order valence-electron chi connectivity index (χ0n) is 9.07. The summed E-state index contributed by atoms with van der Waals surface area (Å²) < 4.78 is 0. The molecule has 15 heavy (non-hydrogen) atoms. The van der Waals surface area contributed by atoms with E-state index in [2.05, 4.69) is 23.7 Å². The van der Waals surface area contributed by atoms with Gasteiger partial charge in [0.25, 0.3) is 0 Å². The van der Waals surface area contributed by atoms with E-state index in [4.69, 9.17) is 10.2 Å². The average molecular weight is 229 g/mol. The highest BCUT2D eigenvalue weighted by molar-refractivity contribution is 7.10. The third-order valence-electron chi connectivity index (χ3n) is 2.45. The Kier molecular flexibility index (Phi) is 5.86. The minimum absolute atomic E-state index is 0.0234. The summed E-state index contributed by atoms with van der Waals surface area (Å²) in [4.78, 5) is 1.39. The van der Waals surface area contributed by atoms with Crippen LogP contribution in [0.1, 0.15) is 16.9 Å². The third kappa shape index (κ3) is 4.30. The predicted octanol–water partition coefficient (Wildman–Crippen LogP) is 0.932. The Morgan fingerprint density at radius 3 is 2.80 bits per heavy atom. The van der Waals surface area contributed by atoms with Crippen molar-refractivity contribution in [1.82, 2.24) is 5.32 Å². The van der Waals surface area contributed by atoms with Crippen LogP contribution < -0.4 is 5.32 Å². The number of aliphatic hydroxyl groups is 2. The molecule has 0 saturated heterocycles. The van der Waals surface area contributed by atoms with E-state index in [1.807, 2.05) is 0 Å². The Balaban J connectivity index is 2.23. The van der Waals surface area contributed by atoms with Gasteiger partial charge in [0.15, 0.2) is 0 Å². The van der Waals surface area contributed by atoms with Gasteiger partial charge < -0.3 is 15.5 Å². The summed E-state index contributed by atoms with van der Waals surface area (Å²) in [7, 11) is 0. The standard InChI is InChI=1S/C11H19NO2S/c1-9-4-7-15-11(9)2-5-12-10(8-14)3-6-13/h4,7,10,12-14H,2-3,5-6,8H2,1H3. The van der Waals surface area contributed by atoms with E-state index in [-0.39, 0.29) is 19.3 Å². The number of thiophene rings is 1. The van der Waals surface area contributed by atoms with E-state index in [0.29, 0.717) is 6.42 Å². The molecule has 0 aliphatic rings. The highest BCUT2D eigenvalue weighted by Gasteiger charge is 2.06. The molecule has 1 aromatic heterocycles. The Morgan fingerprint density at radius 2 is 2.27 bits per heavy atom. The summed E-state index contributed by atoms with van der Waals surface area (Å²) in [6.45, 7) is 3.18. The lowest BCUT2D eigenvalue weighted by Crippen LogP contribution is -2.34. The molecule has 1 heterocycles. The molecule has 1 aromatic rings. The Hall–Kier alpha value is -0.420. The van der Waals surface area contributed by atoms with Gasteiger partial charge in [-0.2, -0.15) is 0 Å². The van der Waals surface area contributed by atoms with E-state index in [0.717, 1.165) is 13.0 Å². The Morgan fingerprint density at radius 1 is 1.47 bits per heavy atom. The van der Waals surface area contributed by atoms with Gasteiger partial charge in [0.2, 0.25) is 0 Å². The van der Waals surface area contributed by atoms with E-state index < -0.39 is 0 Å². The second kappa shape index (κ2) is 6.95. The van der Waals surface area contributed by atoms with Crippen molar-refractivity contribution in [3.8, 4) is 0 Å². The first-order chi connectivity index (χ1) is 7.27. The van der Waals surface area contributed by atoms with Crippen LogP contribution in [0.3, 0.4) is 0 Å². The second-order valence-corrected chi connectivity index (χ2v) is 4.62. The number of aryl methyl sites for hydroxylation is 1. The molecule has 3 nitrogen and oxygen atoms in total. The van der Waals surface area contributed by atoms with Crippen molar-refractivity contribution in [2.75, 3.05) is 19.8 Å². The van der Waals surface area contributed by atoms with Gasteiger partial charge in [-0.3, -0.25) is 0 Å². The first-order valence-corrected chi connectivity index (χ1v) is 6.14. The highest BCUT2D eigenvalue weighted by atomic mass is 32.1. The molecule has 0 aromatic carbocycles. The first-order valence-electron chi connectivity index (χ1n) is 5.26. The molecule has 0 bridgehead atoms. The molecule has 0 saturated carbocycles. The van der Waals surface area contributed by atoms with Crippen molar-refractivity contribution in [3.63, 3.8) is 0 Å². The van der Waals surface area contributed by atoms with Crippen molar-refractivity contribution in [3.05, 3.63) is 21.9 Å². The van der Waals surface area contributed by atoms with Crippen LogP contribution >= 0.6 is 11.3 Å². The molecule has 1 unspecified atom stereocenters. The second-order valence-electron chi connectivity index (χ2n) is 3.62. The molecule has 0 fully saturated rings. The summed E-state index contributed by atoms with van der Waals surface area (Å²) in [5.74, 6) is 0. The molecule has 0 amide bonds. The van der Waals surface area contributed by atoms with Crippen LogP contribution in [0.25, 0.3) is 0 Å². The molecule has 0 spiro atoms. The van der Waals surface area contributed by atoms with Gasteiger partial charge >= 0.3 is 0 Å². The smallest absolute Gasteiger partial charge is 0.0585 e. The van der Waals surface area contributed by atoms with E-state index >= 15 is 0 Å². The zero-order valence-corrected chi connectivity index (χ0v) is 9.89. The topological polar surface area (TPSA) is 52.5 Å². The number of nitrogens with one attached hydrogen (secondary N) is 1. The summed E-state index contributed by atoms with van der Waals surface area (Å²) >= 11 is 1.77. The maximum absolute atomic E-state index is 9.00. The van der Waals surface area contributed by atoms with Gasteiger partial charge in [0.05, 0.1) is 6.61 Å². The number of aliphatic hydroxyl groups excluding tert-OH is 2. The van der Waals surface area contributed by atoms with Gasteiger partial charge in [-0.25, -0.2) is 0 Å². The average Bonchev–Trinajstić information content (AvgIpc) is 2.63. The summed E-state index contributed by atoms with van der Waals surface area (Å²) in [6.07, 6.45) is 1.60. The molecule has 1 rings (SSSR count). The van der Waals surface area contributed by atoms with Gasteiger partial charge in [-0.1, -0.05) is 0 Å². The lowest BCUT2D eigenvalue weighted by Gasteiger charge is -2.14. The number of rotatable bonds is 7. The van der Waals surface area contributed by atoms with Crippen molar-refractivity contribution in [1.29, 1.82) is 0 Å². The lowest BCUT2D eigenvalue weighted by molar-refractivity contribution is 0.201. The minimum Gasteiger partial charge on any atom is -0.396 e. The van der Waals surface area contributed by atoms with Gasteiger partial charge in [-0.15, -0.1) is 11.3 Å². The summed E-state index contributed by atoms with van der Waals surface area (Å²) in [5.41, 5.74) is 1.34. The monoisotopic (exact) mass is 229 g/mol. The van der Waals surface area contributed by atoms with E-state index in [1.165, 1.54) is 10.4 Å². The molecule has 1 atom stereocenters. The molecule has 4 heteroatoms. The van der Waals surface area contributed by atoms with Gasteiger partial charge in [0, 0.05) is 24.1 Å². The minimum atomic E-state index is 0.0234. The van der Waals surface area contributed by atoms with Crippen molar-refractivity contribution >= 4 is 11.3 Å². The van der Waals surface area contributed by atoms with Crippen LogP contribution in [-0.4, -0.2) is 36.0 Å². The third-order valence-corrected chi connectivity index (χ3v) is 3.53. The largest absolute Gasteiger partial charge is 0.396 e. The van der Waals surface area contributed by atoms with Crippen molar-refractivity contribution < 1.29 is 10.2 Å². The summed E-state index contributed by atoms with van der Waals surface area (Å²) in [6, 6.07) is 2.15. The Labute approximate surface area is 94.8 Å². The molecule has 0 radical (unpaired) electrons. The maximum atomic E-state index is 9.00. The lowest BCUT2D eigenvalue weighted by atomic mass is 10.2. The maximum Gasteiger partial charge on any atom is 0.0585 e. The first kappa shape index (κ1) is 12.6. The fraction of sp³-hybridized carbons (Fsp3) is 0.636. The predicted molar refractivity (Wildman–Crippen MR) is 63.3 cm³/mol. The number of hydrogen-bond acceptors (Lipinski definition) is 4. The van der Waals surface area contributed by atoms with Crippen LogP contribution in [0, 0.1) is 6.92 Å². The van der Waals surface area contributed by atoms with Crippen LogP contribution in [0.2, 0.25) is 0 Å².